The zero-order valence-corrected chi connectivity index (χ0v) is 16.8. The lowest BCUT2D eigenvalue weighted by Gasteiger charge is -2.21. The van der Waals surface area contributed by atoms with Gasteiger partial charge in [0.25, 0.3) is 0 Å². The molecule has 2 rings (SSSR count). The van der Waals surface area contributed by atoms with Crippen LogP contribution in [-0.4, -0.2) is 24.0 Å². The Kier molecular flexibility index (Phi) is 6.66. The lowest BCUT2D eigenvalue weighted by molar-refractivity contribution is 0.341. The van der Waals surface area contributed by atoms with Crippen molar-refractivity contribution in [2.75, 3.05) is 0 Å². The monoisotopic (exact) mass is 417 g/mol. The maximum Gasteiger partial charge on any atom is 0.343 e. The molecule has 0 unspecified atom stereocenters. The first kappa shape index (κ1) is 21.1. The second-order valence-electron chi connectivity index (χ2n) is 6.39. The van der Waals surface area contributed by atoms with Crippen LogP contribution in [0.25, 0.3) is 11.1 Å². The van der Waals surface area contributed by atoms with E-state index in [-0.39, 0.29) is 17.2 Å². The average molecular weight is 418 g/mol. The van der Waals surface area contributed by atoms with Crippen LogP contribution in [0.15, 0.2) is 53.4 Å². The van der Waals surface area contributed by atoms with Gasteiger partial charge in [-0.3, -0.25) is 4.57 Å². The average Bonchev–Trinajstić information content (AvgIpc) is 2.53. The van der Waals surface area contributed by atoms with Gasteiger partial charge < -0.3 is 9.79 Å². The fraction of sp³-hybridized carbons (Fsp3) is 0.294. The van der Waals surface area contributed by atoms with E-state index >= 15 is 0 Å². The maximum atomic E-state index is 12.5. The van der Waals surface area contributed by atoms with Gasteiger partial charge in [-0.2, -0.15) is 4.72 Å². The van der Waals surface area contributed by atoms with E-state index in [0.29, 0.717) is 5.02 Å². The molecule has 0 saturated carbocycles. The van der Waals surface area contributed by atoms with Crippen LogP contribution in [0.2, 0.25) is 5.02 Å². The second kappa shape index (κ2) is 8.21. The summed E-state index contributed by atoms with van der Waals surface area (Å²) in [4.78, 5) is 18.8. The first-order valence-corrected chi connectivity index (χ1v) is 11.5. The summed E-state index contributed by atoms with van der Waals surface area (Å²) in [7, 11) is -8.67. The Morgan fingerprint density at radius 3 is 1.88 bits per heavy atom. The van der Waals surface area contributed by atoms with Gasteiger partial charge in [-0.1, -0.05) is 49.7 Å². The molecule has 9 heteroatoms. The minimum Gasteiger partial charge on any atom is -0.323 e. The molecule has 142 valence electrons. The lowest BCUT2D eigenvalue weighted by atomic mass is 10.1. The highest BCUT2D eigenvalue weighted by Gasteiger charge is 2.33. The Balaban J connectivity index is 2.25. The molecule has 26 heavy (non-hydrogen) atoms. The fourth-order valence-electron chi connectivity index (χ4n) is 2.42. The van der Waals surface area contributed by atoms with Crippen LogP contribution in [-0.2, 0) is 14.6 Å². The normalized spacial score (nSPS) is 13.8. The van der Waals surface area contributed by atoms with E-state index in [1.807, 2.05) is 12.1 Å². The molecular formula is C17H21ClNO5PS. The van der Waals surface area contributed by atoms with Crippen molar-refractivity contribution in [3.05, 3.63) is 53.6 Å². The van der Waals surface area contributed by atoms with Crippen molar-refractivity contribution >= 4 is 29.2 Å². The molecule has 0 aliphatic rings. The molecule has 0 aromatic heterocycles. The Morgan fingerprint density at radius 1 is 1.00 bits per heavy atom. The number of rotatable bonds is 7. The highest BCUT2D eigenvalue weighted by molar-refractivity contribution is 7.89. The molecular weight excluding hydrogens is 397 g/mol. The third-order valence-electron chi connectivity index (χ3n) is 3.73. The zero-order chi connectivity index (χ0) is 19.5. The van der Waals surface area contributed by atoms with E-state index in [1.54, 1.807) is 38.1 Å². The smallest absolute Gasteiger partial charge is 0.323 e. The number of hydrogen-bond acceptors (Lipinski definition) is 3. The van der Waals surface area contributed by atoms with Crippen molar-refractivity contribution in [1.29, 1.82) is 0 Å². The third kappa shape index (κ3) is 5.64. The highest BCUT2D eigenvalue weighted by atomic mass is 35.5. The number of nitrogens with one attached hydrogen (secondary N) is 1. The quantitative estimate of drug-likeness (QED) is 0.594. The Hall–Kier alpha value is -1.21. The van der Waals surface area contributed by atoms with Crippen LogP contribution in [0.4, 0.5) is 0 Å². The maximum absolute atomic E-state index is 12.5. The van der Waals surface area contributed by atoms with Crippen LogP contribution in [0, 0.1) is 5.92 Å². The van der Waals surface area contributed by atoms with Crippen molar-refractivity contribution < 1.29 is 22.8 Å². The summed E-state index contributed by atoms with van der Waals surface area (Å²) in [6.07, 6.45) is 0.0341. The van der Waals surface area contributed by atoms with Gasteiger partial charge in [0.1, 0.15) is 5.78 Å². The van der Waals surface area contributed by atoms with Crippen molar-refractivity contribution in [2.24, 2.45) is 5.92 Å². The molecule has 0 aliphatic carbocycles. The predicted molar refractivity (Wildman–Crippen MR) is 102 cm³/mol. The van der Waals surface area contributed by atoms with Crippen LogP contribution < -0.4 is 4.72 Å². The van der Waals surface area contributed by atoms with E-state index in [2.05, 4.69) is 4.72 Å². The van der Waals surface area contributed by atoms with Gasteiger partial charge in [-0.05, 0) is 47.7 Å². The molecule has 0 fully saturated rings. The summed E-state index contributed by atoms with van der Waals surface area (Å²) in [5, 5.41) is 0.603. The number of benzene rings is 2. The SMILES string of the molecule is CC(C)C[C@H](NS(=O)(=O)c1ccc(-c2ccc(Cl)cc2)cc1)P(=O)(O)O. The molecule has 0 amide bonds. The molecule has 0 bridgehead atoms. The Bertz CT molecular complexity index is 892. The molecule has 2 aromatic rings. The first-order valence-electron chi connectivity index (χ1n) is 7.92. The molecule has 0 saturated heterocycles. The van der Waals surface area contributed by atoms with Gasteiger partial charge in [-0.15, -0.1) is 0 Å². The summed E-state index contributed by atoms with van der Waals surface area (Å²) in [6.45, 7) is 3.52. The Labute approximate surface area is 158 Å². The van der Waals surface area contributed by atoms with Crippen LogP contribution in [0.3, 0.4) is 0 Å². The molecule has 0 aliphatic heterocycles. The van der Waals surface area contributed by atoms with E-state index in [0.717, 1.165) is 11.1 Å². The molecule has 0 radical (unpaired) electrons. The van der Waals surface area contributed by atoms with Crippen LogP contribution in [0.5, 0.6) is 0 Å². The van der Waals surface area contributed by atoms with Crippen molar-refractivity contribution in [2.45, 2.75) is 30.9 Å². The second-order valence-corrected chi connectivity index (χ2v) is 10.3. The van der Waals surface area contributed by atoms with E-state index in [4.69, 9.17) is 11.6 Å². The number of halogens is 1. The Morgan fingerprint density at radius 2 is 1.46 bits per heavy atom. The standard InChI is InChI=1S/C17H21ClNO5PS/c1-12(2)11-17(25(20,21)22)19-26(23,24)16-9-5-14(6-10-16)13-3-7-15(18)8-4-13/h3-10,12,17,19H,11H2,1-2H3,(H2,20,21,22)/t17-/m1/s1. The van der Waals surface area contributed by atoms with Crippen LogP contribution >= 0.6 is 19.2 Å². The minimum atomic E-state index is -4.61. The first-order chi connectivity index (χ1) is 12.0. The number of hydrogen-bond donors (Lipinski definition) is 3. The van der Waals surface area contributed by atoms with Gasteiger partial charge in [-0.25, -0.2) is 8.42 Å². The molecule has 1 atom stereocenters. The summed E-state index contributed by atoms with van der Waals surface area (Å²) in [5.41, 5.74) is 1.67. The summed E-state index contributed by atoms with van der Waals surface area (Å²) >= 11 is 5.85. The molecule has 3 N–H and O–H groups in total. The van der Waals surface area contributed by atoms with Gasteiger partial charge in [0.2, 0.25) is 10.0 Å². The fourth-order valence-corrected chi connectivity index (χ4v) is 5.29. The zero-order valence-electron chi connectivity index (χ0n) is 14.3. The summed E-state index contributed by atoms with van der Waals surface area (Å²) in [5.74, 6) is -1.54. The van der Waals surface area contributed by atoms with Gasteiger partial charge in [0, 0.05) is 5.02 Å². The topological polar surface area (TPSA) is 104 Å². The number of sulfonamides is 1. The molecule has 0 spiro atoms. The highest BCUT2D eigenvalue weighted by Crippen LogP contribution is 2.43. The van der Waals surface area contributed by atoms with E-state index in [9.17, 15) is 22.8 Å². The minimum absolute atomic E-state index is 0.0341. The van der Waals surface area contributed by atoms with Crippen molar-refractivity contribution in [3.63, 3.8) is 0 Å². The molecule has 0 heterocycles. The molecule has 2 aromatic carbocycles. The van der Waals surface area contributed by atoms with Crippen LogP contribution in [0.1, 0.15) is 20.3 Å². The summed E-state index contributed by atoms with van der Waals surface area (Å²) in [6, 6.07) is 13.2. The summed E-state index contributed by atoms with van der Waals surface area (Å²) < 4.78 is 38.7. The lowest BCUT2D eigenvalue weighted by Crippen LogP contribution is -2.35. The van der Waals surface area contributed by atoms with Gasteiger partial charge in [0.05, 0.1) is 4.90 Å². The third-order valence-corrected chi connectivity index (χ3v) is 6.80. The van der Waals surface area contributed by atoms with Crippen molar-refractivity contribution in [1.82, 2.24) is 4.72 Å². The van der Waals surface area contributed by atoms with E-state index < -0.39 is 23.4 Å². The van der Waals surface area contributed by atoms with Gasteiger partial charge in [0.15, 0.2) is 0 Å². The van der Waals surface area contributed by atoms with Gasteiger partial charge >= 0.3 is 7.60 Å². The largest absolute Gasteiger partial charge is 0.343 e. The molecule has 6 nitrogen and oxygen atoms in total. The van der Waals surface area contributed by atoms with E-state index in [1.165, 1.54) is 12.1 Å². The predicted octanol–water partition coefficient (Wildman–Crippen LogP) is 3.84. The van der Waals surface area contributed by atoms with Crippen molar-refractivity contribution in [3.8, 4) is 11.1 Å².